The highest BCUT2D eigenvalue weighted by Gasteiger charge is 2.17. The molecule has 2 aliphatic heterocycles. The molecular weight excluding hydrogens is 474 g/mol. The zero-order valence-corrected chi connectivity index (χ0v) is 21.0. The van der Waals surface area contributed by atoms with Crippen LogP contribution in [0.3, 0.4) is 0 Å². The molecule has 186 valence electrons. The summed E-state index contributed by atoms with van der Waals surface area (Å²) in [5.74, 6) is 1.43. The minimum absolute atomic E-state index is 0.675. The summed E-state index contributed by atoms with van der Waals surface area (Å²) in [5.41, 5.74) is 4.93. The Morgan fingerprint density at radius 3 is 2.50 bits per heavy atom. The van der Waals surface area contributed by atoms with Crippen molar-refractivity contribution in [3.05, 3.63) is 59.9 Å². The Morgan fingerprint density at radius 2 is 1.69 bits per heavy atom. The molecule has 2 aliphatic rings. The molecule has 8 nitrogen and oxygen atoms in total. The largest absolute Gasteiger partial charge is 0.378 e. The van der Waals surface area contributed by atoms with Crippen molar-refractivity contribution < 1.29 is 4.74 Å². The van der Waals surface area contributed by atoms with E-state index in [1.807, 2.05) is 36.7 Å². The average molecular weight is 504 g/mol. The van der Waals surface area contributed by atoms with Crippen molar-refractivity contribution in [2.24, 2.45) is 0 Å². The topological polar surface area (TPSA) is 71.3 Å². The summed E-state index contributed by atoms with van der Waals surface area (Å²) in [4.78, 5) is 19.2. The minimum Gasteiger partial charge on any atom is -0.378 e. The third-order valence-corrected chi connectivity index (χ3v) is 7.15. The second-order valence-corrected chi connectivity index (χ2v) is 9.80. The predicted molar refractivity (Wildman–Crippen MR) is 144 cm³/mol. The Kier molecular flexibility index (Phi) is 6.72. The van der Waals surface area contributed by atoms with E-state index in [9.17, 15) is 0 Å². The van der Waals surface area contributed by atoms with Gasteiger partial charge in [0.2, 0.25) is 5.95 Å². The number of hydrogen-bond acceptors (Lipinski definition) is 7. The molecule has 2 aromatic heterocycles. The molecule has 36 heavy (non-hydrogen) atoms. The van der Waals surface area contributed by atoms with Crippen LogP contribution in [-0.4, -0.2) is 70.4 Å². The number of morpholine rings is 1. The summed E-state index contributed by atoms with van der Waals surface area (Å²) < 4.78 is 7.79. The molecule has 4 heterocycles. The van der Waals surface area contributed by atoms with E-state index in [1.54, 1.807) is 0 Å². The van der Waals surface area contributed by atoms with E-state index < -0.39 is 0 Å². The van der Waals surface area contributed by atoms with E-state index in [4.69, 9.17) is 31.3 Å². The van der Waals surface area contributed by atoms with Crippen LogP contribution in [0.25, 0.3) is 22.3 Å². The molecule has 0 amide bonds. The van der Waals surface area contributed by atoms with Gasteiger partial charge in [0.05, 0.1) is 36.3 Å². The molecule has 2 saturated heterocycles. The highest BCUT2D eigenvalue weighted by molar-refractivity contribution is 6.30. The molecule has 2 fully saturated rings. The highest BCUT2D eigenvalue weighted by Crippen LogP contribution is 2.28. The van der Waals surface area contributed by atoms with Crippen molar-refractivity contribution in [3.63, 3.8) is 0 Å². The van der Waals surface area contributed by atoms with Crippen molar-refractivity contribution in [2.75, 3.05) is 56.2 Å². The number of nitrogens with one attached hydrogen (secondary N) is 1. The quantitative estimate of drug-likeness (QED) is 0.387. The SMILES string of the molecule is Clc1ccc(Nc2cc(-c3ccc4c(c3)ncn4CCN3CCCC3)nc(N3CCOCC3)n2)cc1. The summed E-state index contributed by atoms with van der Waals surface area (Å²) in [6.07, 6.45) is 4.58. The van der Waals surface area contributed by atoms with Gasteiger partial charge < -0.3 is 24.4 Å². The van der Waals surface area contributed by atoms with Crippen LogP contribution in [-0.2, 0) is 11.3 Å². The standard InChI is InChI=1S/C27H30ClN7O/c28-21-4-6-22(7-5-21)30-26-18-23(31-27(32-26)34-13-15-36-16-14-34)20-3-8-25-24(17-20)29-19-35(25)12-11-33-9-1-2-10-33/h3-8,17-19H,1-2,9-16H2,(H,30,31,32). The Hall–Kier alpha value is -3.20. The predicted octanol–water partition coefficient (Wildman–Crippen LogP) is 4.82. The fraction of sp³-hybridized carbons (Fsp3) is 0.370. The zero-order valence-electron chi connectivity index (χ0n) is 20.2. The van der Waals surface area contributed by atoms with Crippen molar-refractivity contribution in [1.82, 2.24) is 24.4 Å². The van der Waals surface area contributed by atoms with Gasteiger partial charge in [0.25, 0.3) is 0 Å². The van der Waals surface area contributed by atoms with Crippen molar-refractivity contribution >= 4 is 40.1 Å². The van der Waals surface area contributed by atoms with Gasteiger partial charge in [0, 0.05) is 48.5 Å². The fourth-order valence-electron chi connectivity index (χ4n) is 4.89. The number of likely N-dealkylation sites (tertiary alicyclic amines) is 1. The Morgan fingerprint density at radius 1 is 0.889 bits per heavy atom. The summed E-state index contributed by atoms with van der Waals surface area (Å²) in [7, 11) is 0. The van der Waals surface area contributed by atoms with Gasteiger partial charge in [-0.3, -0.25) is 0 Å². The van der Waals surface area contributed by atoms with Crippen LogP contribution in [0, 0.1) is 0 Å². The third-order valence-electron chi connectivity index (χ3n) is 6.90. The van der Waals surface area contributed by atoms with Crippen LogP contribution < -0.4 is 10.2 Å². The summed E-state index contributed by atoms with van der Waals surface area (Å²) in [5, 5.41) is 4.11. The molecule has 6 rings (SSSR count). The van der Waals surface area contributed by atoms with E-state index in [2.05, 4.69) is 37.9 Å². The Bertz CT molecular complexity index is 1330. The molecule has 0 aliphatic carbocycles. The number of benzene rings is 2. The van der Waals surface area contributed by atoms with Crippen LogP contribution in [0.15, 0.2) is 54.9 Å². The van der Waals surface area contributed by atoms with Gasteiger partial charge in [-0.2, -0.15) is 4.98 Å². The highest BCUT2D eigenvalue weighted by atomic mass is 35.5. The summed E-state index contributed by atoms with van der Waals surface area (Å²) in [6.45, 7) is 7.34. The van der Waals surface area contributed by atoms with Gasteiger partial charge in [-0.1, -0.05) is 17.7 Å². The third kappa shape index (κ3) is 5.16. The van der Waals surface area contributed by atoms with Crippen LogP contribution in [0.2, 0.25) is 5.02 Å². The smallest absolute Gasteiger partial charge is 0.228 e. The van der Waals surface area contributed by atoms with Gasteiger partial charge in [-0.25, -0.2) is 9.97 Å². The van der Waals surface area contributed by atoms with Gasteiger partial charge in [-0.15, -0.1) is 0 Å². The van der Waals surface area contributed by atoms with Crippen molar-refractivity contribution in [3.8, 4) is 11.3 Å². The maximum atomic E-state index is 6.07. The lowest BCUT2D eigenvalue weighted by molar-refractivity contribution is 0.122. The molecule has 0 bridgehead atoms. The van der Waals surface area contributed by atoms with Gasteiger partial charge in [-0.05, 0) is 62.3 Å². The number of rotatable bonds is 7. The number of aromatic nitrogens is 4. The molecule has 0 radical (unpaired) electrons. The summed E-state index contributed by atoms with van der Waals surface area (Å²) >= 11 is 6.07. The maximum Gasteiger partial charge on any atom is 0.228 e. The number of hydrogen-bond donors (Lipinski definition) is 1. The lowest BCUT2D eigenvalue weighted by atomic mass is 10.1. The lowest BCUT2D eigenvalue weighted by Gasteiger charge is -2.27. The van der Waals surface area contributed by atoms with E-state index >= 15 is 0 Å². The molecule has 0 atom stereocenters. The van der Waals surface area contributed by atoms with Crippen LogP contribution >= 0.6 is 11.6 Å². The number of halogens is 1. The molecule has 0 unspecified atom stereocenters. The molecule has 0 saturated carbocycles. The number of ether oxygens (including phenoxy) is 1. The van der Waals surface area contributed by atoms with E-state index in [1.165, 1.54) is 25.9 Å². The zero-order chi connectivity index (χ0) is 24.3. The van der Waals surface area contributed by atoms with Crippen LogP contribution in [0.5, 0.6) is 0 Å². The van der Waals surface area contributed by atoms with Crippen molar-refractivity contribution in [2.45, 2.75) is 19.4 Å². The van der Waals surface area contributed by atoms with E-state index in [0.29, 0.717) is 24.2 Å². The molecule has 9 heteroatoms. The average Bonchev–Trinajstić information content (AvgIpc) is 3.59. The number of imidazole rings is 1. The molecule has 0 spiro atoms. The van der Waals surface area contributed by atoms with Gasteiger partial charge in [0.1, 0.15) is 5.82 Å². The second kappa shape index (κ2) is 10.4. The van der Waals surface area contributed by atoms with Crippen LogP contribution in [0.4, 0.5) is 17.5 Å². The monoisotopic (exact) mass is 503 g/mol. The van der Waals surface area contributed by atoms with Gasteiger partial charge in [0.15, 0.2) is 0 Å². The lowest BCUT2D eigenvalue weighted by Crippen LogP contribution is -2.37. The number of nitrogens with zero attached hydrogens (tertiary/aromatic N) is 6. The van der Waals surface area contributed by atoms with Crippen LogP contribution in [0.1, 0.15) is 12.8 Å². The first kappa shape index (κ1) is 23.2. The van der Waals surface area contributed by atoms with Gasteiger partial charge >= 0.3 is 0 Å². The molecular formula is C27H30ClN7O. The Balaban J connectivity index is 1.30. The second-order valence-electron chi connectivity index (χ2n) is 9.36. The Labute approximate surface area is 215 Å². The first-order valence-corrected chi connectivity index (χ1v) is 13.0. The number of fused-ring (bicyclic) bond motifs is 1. The summed E-state index contributed by atoms with van der Waals surface area (Å²) in [6, 6.07) is 16.0. The molecule has 1 N–H and O–H groups in total. The fourth-order valence-corrected chi connectivity index (χ4v) is 5.02. The molecule has 4 aromatic rings. The first-order valence-electron chi connectivity index (χ1n) is 12.6. The van der Waals surface area contributed by atoms with E-state index in [0.717, 1.165) is 60.0 Å². The number of anilines is 3. The first-order chi connectivity index (χ1) is 17.7. The van der Waals surface area contributed by atoms with E-state index in [-0.39, 0.29) is 0 Å². The van der Waals surface area contributed by atoms with Crippen molar-refractivity contribution in [1.29, 1.82) is 0 Å². The minimum atomic E-state index is 0.675. The maximum absolute atomic E-state index is 6.07. The molecule has 2 aromatic carbocycles. The normalized spacial score (nSPS) is 16.6.